The van der Waals surface area contributed by atoms with Gasteiger partial charge in [0.15, 0.2) is 0 Å². The molecule has 132 valence electrons. The lowest BCUT2D eigenvalue weighted by molar-refractivity contribution is -0.384. The summed E-state index contributed by atoms with van der Waals surface area (Å²) in [5.74, 6) is 1.22. The SMILES string of the molecule is CC1CC(C)CN(CCCNC(=O)c2cc([N+](=O)[O-])ccc2I)C1. The number of nitro groups is 1. The number of rotatable bonds is 6. The molecule has 6 nitrogen and oxygen atoms in total. The molecule has 2 rings (SSSR count). The van der Waals surface area contributed by atoms with Crippen LogP contribution in [0.4, 0.5) is 5.69 Å². The standard InChI is InChI=1S/C17H24IN3O3/c1-12-8-13(2)11-20(10-12)7-3-6-19-17(22)15-9-14(21(23)24)4-5-16(15)18/h4-5,9,12-13H,3,6-8,10-11H2,1-2H3,(H,19,22). The minimum Gasteiger partial charge on any atom is -0.352 e. The molecule has 1 N–H and O–H groups in total. The van der Waals surface area contributed by atoms with Crippen molar-refractivity contribution in [1.82, 2.24) is 10.2 Å². The summed E-state index contributed by atoms with van der Waals surface area (Å²) >= 11 is 2.02. The molecule has 1 fully saturated rings. The number of nitrogens with one attached hydrogen (secondary N) is 1. The number of amides is 1. The third-order valence-electron chi connectivity index (χ3n) is 4.29. The van der Waals surface area contributed by atoms with E-state index in [1.54, 1.807) is 6.07 Å². The molecule has 0 aliphatic carbocycles. The molecule has 1 aromatic carbocycles. The number of likely N-dealkylation sites (tertiary alicyclic amines) is 1. The Morgan fingerprint density at radius 3 is 2.67 bits per heavy atom. The maximum Gasteiger partial charge on any atom is 0.270 e. The highest BCUT2D eigenvalue weighted by molar-refractivity contribution is 14.1. The number of non-ortho nitro benzene ring substituents is 1. The number of benzene rings is 1. The summed E-state index contributed by atoms with van der Waals surface area (Å²) in [7, 11) is 0. The second-order valence-corrected chi connectivity index (χ2v) is 7.90. The first-order valence-electron chi connectivity index (χ1n) is 8.31. The Hall–Kier alpha value is -1.22. The van der Waals surface area contributed by atoms with Crippen LogP contribution in [-0.4, -0.2) is 41.9 Å². The molecule has 7 heteroatoms. The van der Waals surface area contributed by atoms with Crippen molar-refractivity contribution in [3.05, 3.63) is 37.4 Å². The molecule has 1 aromatic rings. The van der Waals surface area contributed by atoms with E-state index >= 15 is 0 Å². The van der Waals surface area contributed by atoms with Crippen molar-refractivity contribution in [2.75, 3.05) is 26.2 Å². The summed E-state index contributed by atoms with van der Waals surface area (Å²) in [5, 5.41) is 13.7. The van der Waals surface area contributed by atoms with Gasteiger partial charge in [-0.1, -0.05) is 13.8 Å². The summed E-state index contributed by atoms with van der Waals surface area (Å²) in [6.45, 7) is 8.38. The molecule has 0 bridgehead atoms. The first-order valence-corrected chi connectivity index (χ1v) is 9.39. The monoisotopic (exact) mass is 445 g/mol. The van der Waals surface area contributed by atoms with Crippen LogP contribution in [-0.2, 0) is 0 Å². The van der Waals surface area contributed by atoms with E-state index in [-0.39, 0.29) is 11.6 Å². The first-order chi connectivity index (χ1) is 11.4. The molecular weight excluding hydrogens is 421 g/mol. The van der Waals surface area contributed by atoms with E-state index in [0.717, 1.165) is 41.5 Å². The first kappa shape index (κ1) is 19.1. The molecule has 1 aliphatic heterocycles. The maximum atomic E-state index is 12.2. The fourth-order valence-electron chi connectivity index (χ4n) is 3.38. The van der Waals surface area contributed by atoms with Gasteiger partial charge in [0.1, 0.15) is 0 Å². The summed E-state index contributed by atoms with van der Waals surface area (Å²) in [6, 6.07) is 4.35. The third kappa shape index (κ3) is 5.41. The Morgan fingerprint density at radius 1 is 1.38 bits per heavy atom. The number of nitro benzene ring substituents is 1. The van der Waals surface area contributed by atoms with Crippen LogP contribution in [0.5, 0.6) is 0 Å². The second kappa shape index (κ2) is 8.75. The number of nitrogens with zero attached hydrogens (tertiary/aromatic N) is 2. The van der Waals surface area contributed by atoms with Crippen molar-refractivity contribution in [3.63, 3.8) is 0 Å². The fraction of sp³-hybridized carbons (Fsp3) is 0.588. The number of hydrogen-bond acceptors (Lipinski definition) is 4. The Morgan fingerprint density at radius 2 is 2.04 bits per heavy atom. The highest BCUT2D eigenvalue weighted by Gasteiger charge is 2.21. The summed E-state index contributed by atoms with van der Waals surface area (Å²) in [4.78, 5) is 25.1. The van der Waals surface area contributed by atoms with Crippen LogP contribution in [0.2, 0.25) is 0 Å². The van der Waals surface area contributed by atoms with E-state index in [4.69, 9.17) is 0 Å². The van der Waals surface area contributed by atoms with E-state index in [9.17, 15) is 14.9 Å². The average molecular weight is 445 g/mol. The smallest absolute Gasteiger partial charge is 0.270 e. The van der Waals surface area contributed by atoms with E-state index in [1.165, 1.54) is 18.6 Å². The molecule has 2 unspecified atom stereocenters. The van der Waals surface area contributed by atoms with Crippen molar-refractivity contribution in [2.45, 2.75) is 26.7 Å². The van der Waals surface area contributed by atoms with E-state index in [2.05, 4.69) is 24.1 Å². The lowest BCUT2D eigenvalue weighted by Crippen LogP contribution is -2.40. The summed E-state index contributed by atoms with van der Waals surface area (Å²) < 4.78 is 0.717. The zero-order valence-corrected chi connectivity index (χ0v) is 16.3. The molecule has 0 radical (unpaired) electrons. The molecule has 0 saturated carbocycles. The number of hydrogen-bond donors (Lipinski definition) is 1. The lowest BCUT2D eigenvalue weighted by atomic mass is 9.92. The fourth-order valence-corrected chi connectivity index (χ4v) is 3.96. The number of carbonyl (C=O) groups is 1. The summed E-state index contributed by atoms with van der Waals surface area (Å²) in [5.41, 5.74) is 0.307. The van der Waals surface area contributed by atoms with Crippen molar-refractivity contribution >= 4 is 34.2 Å². The predicted octanol–water partition coefficient (Wildman–Crippen LogP) is 3.30. The Labute approximate surface area is 156 Å². The third-order valence-corrected chi connectivity index (χ3v) is 5.23. The van der Waals surface area contributed by atoms with Crippen LogP contribution in [0.3, 0.4) is 0 Å². The van der Waals surface area contributed by atoms with Gasteiger partial charge in [0.2, 0.25) is 0 Å². The van der Waals surface area contributed by atoms with Gasteiger partial charge in [-0.05, 0) is 59.9 Å². The van der Waals surface area contributed by atoms with Crippen LogP contribution in [0.1, 0.15) is 37.0 Å². The van der Waals surface area contributed by atoms with Gasteiger partial charge in [0.05, 0.1) is 10.5 Å². The van der Waals surface area contributed by atoms with Crippen molar-refractivity contribution < 1.29 is 9.72 Å². The summed E-state index contributed by atoms with van der Waals surface area (Å²) in [6.07, 6.45) is 2.18. The van der Waals surface area contributed by atoms with Gasteiger partial charge >= 0.3 is 0 Å². The van der Waals surface area contributed by atoms with Crippen molar-refractivity contribution in [3.8, 4) is 0 Å². The van der Waals surface area contributed by atoms with Crippen molar-refractivity contribution in [1.29, 1.82) is 0 Å². The van der Waals surface area contributed by atoms with Gasteiger partial charge in [0, 0.05) is 35.3 Å². The van der Waals surface area contributed by atoms with Gasteiger partial charge in [-0.3, -0.25) is 14.9 Å². The van der Waals surface area contributed by atoms with Crippen LogP contribution in [0.15, 0.2) is 18.2 Å². The molecule has 0 aromatic heterocycles. The largest absolute Gasteiger partial charge is 0.352 e. The molecule has 1 heterocycles. The molecule has 1 saturated heterocycles. The van der Waals surface area contributed by atoms with Crippen molar-refractivity contribution in [2.24, 2.45) is 11.8 Å². The minimum absolute atomic E-state index is 0.0585. The lowest BCUT2D eigenvalue weighted by Gasteiger charge is -2.34. The normalized spacial score (nSPS) is 21.5. The van der Waals surface area contributed by atoms with Gasteiger partial charge in [-0.15, -0.1) is 0 Å². The van der Waals surface area contributed by atoms with Gasteiger partial charge in [-0.2, -0.15) is 0 Å². The minimum atomic E-state index is -0.481. The van der Waals surface area contributed by atoms with E-state index in [1.807, 2.05) is 22.6 Å². The van der Waals surface area contributed by atoms with Gasteiger partial charge < -0.3 is 10.2 Å². The molecule has 2 atom stereocenters. The number of carbonyl (C=O) groups excluding carboxylic acids is 1. The Kier molecular flexibility index (Phi) is 6.97. The molecule has 1 amide bonds. The molecule has 0 spiro atoms. The van der Waals surface area contributed by atoms with Crippen LogP contribution in [0, 0.1) is 25.5 Å². The Bertz CT molecular complexity index is 599. The average Bonchev–Trinajstić information content (AvgIpc) is 2.50. The molecule has 24 heavy (non-hydrogen) atoms. The zero-order chi connectivity index (χ0) is 17.7. The number of piperidine rings is 1. The second-order valence-electron chi connectivity index (χ2n) is 6.74. The molecular formula is C17H24IN3O3. The highest BCUT2D eigenvalue weighted by atomic mass is 127. The van der Waals surface area contributed by atoms with E-state index < -0.39 is 4.92 Å². The Balaban J connectivity index is 1.81. The van der Waals surface area contributed by atoms with Crippen LogP contribution < -0.4 is 5.32 Å². The van der Waals surface area contributed by atoms with Gasteiger partial charge in [0.25, 0.3) is 11.6 Å². The molecule has 1 aliphatic rings. The van der Waals surface area contributed by atoms with Crippen LogP contribution >= 0.6 is 22.6 Å². The van der Waals surface area contributed by atoms with Gasteiger partial charge in [-0.25, -0.2) is 0 Å². The topological polar surface area (TPSA) is 75.5 Å². The predicted molar refractivity (Wildman–Crippen MR) is 102 cm³/mol. The number of halogens is 1. The van der Waals surface area contributed by atoms with E-state index in [0.29, 0.717) is 12.1 Å². The highest BCUT2D eigenvalue weighted by Crippen LogP contribution is 2.21. The van der Waals surface area contributed by atoms with Crippen LogP contribution in [0.25, 0.3) is 0 Å². The maximum absolute atomic E-state index is 12.2. The quantitative estimate of drug-likeness (QED) is 0.316. The zero-order valence-electron chi connectivity index (χ0n) is 14.1.